The third-order valence-electron chi connectivity index (χ3n) is 4.30. The first-order valence-corrected chi connectivity index (χ1v) is 7.28. The van der Waals surface area contributed by atoms with E-state index in [1.807, 2.05) is 26.0 Å². The molecule has 0 aliphatic heterocycles. The Morgan fingerprint density at radius 1 is 1.08 bits per heavy atom. The van der Waals surface area contributed by atoms with E-state index in [1.54, 1.807) is 0 Å². The number of benzene rings is 2. The smallest absolute Gasteiger partial charge is 0.323 e. The second-order valence-electron chi connectivity index (χ2n) is 5.88. The topological polar surface area (TPSA) is 50.2 Å². The predicted octanol–water partition coefficient (Wildman–Crippen LogP) is 3.96. The van der Waals surface area contributed by atoms with Gasteiger partial charge in [-0.2, -0.15) is 13.2 Å². The number of halogens is 3. The van der Waals surface area contributed by atoms with Gasteiger partial charge < -0.3 is 4.98 Å². The molecule has 0 spiro atoms. The van der Waals surface area contributed by atoms with Crippen molar-refractivity contribution >= 4 is 27.7 Å². The Hall–Kier alpha value is -2.83. The molecule has 24 heavy (non-hydrogen) atoms. The molecule has 1 N–H and O–H groups in total. The number of rotatable bonds is 0. The lowest BCUT2D eigenvalue weighted by molar-refractivity contribution is -0.137. The zero-order valence-corrected chi connectivity index (χ0v) is 12.8. The van der Waals surface area contributed by atoms with Crippen LogP contribution in [0.3, 0.4) is 0 Å². The van der Waals surface area contributed by atoms with E-state index >= 15 is 0 Å². The van der Waals surface area contributed by atoms with Crippen LogP contribution in [0.5, 0.6) is 0 Å². The summed E-state index contributed by atoms with van der Waals surface area (Å²) in [5.41, 5.74) is 2.25. The van der Waals surface area contributed by atoms with Crippen LogP contribution in [0.2, 0.25) is 0 Å². The number of nitrogens with one attached hydrogen (secondary N) is 1. The van der Waals surface area contributed by atoms with Crippen LogP contribution in [-0.2, 0) is 6.18 Å². The third kappa shape index (κ3) is 2.01. The zero-order chi connectivity index (χ0) is 17.2. The molecule has 7 heteroatoms. The number of imidazole rings is 1. The number of hydrogen-bond donors (Lipinski definition) is 1. The number of aryl methyl sites for hydroxylation is 2. The second kappa shape index (κ2) is 4.59. The molecule has 0 aliphatic carbocycles. The van der Waals surface area contributed by atoms with Crippen molar-refractivity contribution in [2.45, 2.75) is 20.0 Å². The molecule has 4 rings (SSSR count). The number of aromatic nitrogens is 3. The van der Waals surface area contributed by atoms with Crippen molar-refractivity contribution in [3.8, 4) is 0 Å². The van der Waals surface area contributed by atoms with Crippen LogP contribution in [-0.4, -0.2) is 14.4 Å². The highest BCUT2D eigenvalue weighted by molar-refractivity contribution is 5.86. The van der Waals surface area contributed by atoms with Crippen LogP contribution in [0.4, 0.5) is 13.2 Å². The summed E-state index contributed by atoms with van der Waals surface area (Å²) in [6, 6.07) is 6.75. The SMILES string of the molecule is Cc1cc2[nH]c3nc4cc(C(F)(F)F)ccc4c(=O)n3c2cc1C. The fraction of sp³-hybridized carbons (Fsp3) is 0.176. The van der Waals surface area contributed by atoms with Crippen molar-refractivity contribution in [1.29, 1.82) is 0 Å². The predicted molar refractivity (Wildman–Crippen MR) is 85.3 cm³/mol. The molecule has 0 unspecified atom stereocenters. The van der Waals surface area contributed by atoms with Gasteiger partial charge in [-0.25, -0.2) is 9.38 Å². The maximum absolute atomic E-state index is 12.9. The highest BCUT2D eigenvalue weighted by Gasteiger charge is 2.31. The molecular formula is C17H12F3N3O. The molecule has 0 amide bonds. The first-order chi connectivity index (χ1) is 11.3. The van der Waals surface area contributed by atoms with E-state index in [9.17, 15) is 18.0 Å². The summed E-state index contributed by atoms with van der Waals surface area (Å²) in [5, 5.41) is 0.152. The fourth-order valence-electron chi connectivity index (χ4n) is 2.88. The standard InChI is InChI=1S/C17H12F3N3O/c1-8-5-13-14(6-9(8)2)23-15(24)11-4-3-10(17(18,19)20)7-12(11)21-16(23)22-13/h3-7H,1-2H3,(H,21,22). The molecule has 0 aliphatic rings. The maximum atomic E-state index is 12.9. The van der Waals surface area contributed by atoms with E-state index in [4.69, 9.17) is 0 Å². The largest absolute Gasteiger partial charge is 0.416 e. The van der Waals surface area contributed by atoms with E-state index in [0.717, 1.165) is 23.3 Å². The van der Waals surface area contributed by atoms with Crippen LogP contribution in [0.25, 0.3) is 27.7 Å². The van der Waals surface area contributed by atoms with Gasteiger partial charge in [-0.1, -0.05) is 0 Å². The minimum absolute atomic E-state index is 0.0230. The first kappa shape index (κ1) is 14.7. The fourth-order valence-corrected chi connectivity index (χ4v) is 2.88. The maximum Gasteiger partial charge on any atom is 0.416 e. The lowest BCUT2D eigenvalue weighted by Gasteiger charge is -2.07. The normalized spacial score (nSPS) is 12.5. The van der Waals surface area contributed by atoms with Crippen LogP contribution in [0.15, 0.2) is 35.1 Å². The molecule has 2 heterocycles. The quantitative estimate of drug-likeness (QED) is 0.530. The third-order valence-corrected chi connectivity index (χ3v) is 4.30. The molecule has 0 saturated heterocycles. The van der Waals surface area contributed by atoms with Gasteiger partial charge in [-0.3, -0.25) is 4.79 Å². The molecule has 2 aromatic heterocycles. The van der Waals surface area contributed by atoms with Gasteiger partial charge in [0.05, 0.1) is 27.5 Å². The Morgan fingerprint density at radius 2 is 1.79 bits per heavy atom. The molecule has 4 nitrogen and oxygen atoms in total. The van der Waals surface area contributed by atoms with Gasteiger partial charge in [-0.05, 0) is 55.3 Å². The summed E-state index contributed by atoms with van der Waals surface area (Å²) in [4.78, 5) is 20.0. The van der Waals surface area contributed by atoms with Gasteiger partial charge in [0, 0.05) is 0 Å². The van der Waals surface area contributed by atoms with Crippen molar-refractivity contribution in [3.63, 3.8) is 0 Å². The lowest BCUT2D eigenvalue weighted by atomic mass is 10.1. The van der Waals surface area contributed by atoms with Gasteiger partial charge in [0.1, 0.15) is 0 Å². The van der Waals surface area contributed by atoms with Crippen molar-refractivity contribution in [3.05, 3.63) is 57.4 Å². The van der Waals surface area contributed by atoms with E-state index in [-0.39, 0.29) is 16.7 Å². The Morgan fingerprint density at radius 3 is 2.50 bits per heavy atom. The summed E-state index contributed by atoms with van der Waals surface area (Å²) in [5.74, 6) is 0.229. The van der Waals surface area contributed by atoms with Crippen molar-refractivity contribution < 1.29 is 13.2 Å². The number of hydrogen-bond acceptors (Lipinski definition) is 2. The Balaban J connectivity index is 2.15. The molecule has 0 atom stereocenters. The lowest BCUT2D eigenvalue weighted by Crippen LogP contribution is -2.15. The van der Waals surface area contributed by atoms with Gasteiger partial charge in [0.25, 0.3) is 5.56 Å². The molecule has 122 valence electrons. The highest BCUT2D eigenvalue weighted by Crippen LogP contribution is 2.30. The van der Waals surface area contributed by atoms with Crippen LogP contribution in [0.1, 0.15) is 16.7 Å². The van der Waals surface area contributed by atoms with E-state index < -0.39 is 17.3 Å². The number of nitrogens with zero attached hydrogens (tertiary/aromatic N) is 2. The van der Waals surface area contributed by atoms with E-state index in [1.165, 1.54) is 10.5 Å². The Labute approximate surface area is 133 Å². The van der Waals surface area contributed by atoms with Gasteiger partial charge in [-0.15, -0.1) is 0 Å². The molecule has 4 aromatic rings. The van der Waals surface area contributed by atoms with Gasteiger partial charge in [0.15, 0.2) is 0 Å². The molecular weight excluding hydrogens is 319 g/mol. The monoisotopic (exact) mass is 331 g/mol. The van der Waals surface area contributed by atoms with Gasteiger partial charge >= 0.3 is 6.18 Å². The number of alkyl halides is 3. The molecule has 0 fully saturated rings. The summed E-state index contributed by atoms with van der Waals surface area (Å²) in [6.07, 6.45) is -4.48. The van der Waals surface area contributed by atoms with Crippen molar-refractivity contribution in [2.24, 2.45) is 0 Å². The second-order valence-corrected chi connectivity index (χ2v) is 5.88. The average molecular weight is 331 g/mol. The van der Waals surface area contributed by atoms with Crippen LogP contribution >= 0.6 is 0 Å². The zero-order valence-electron chi connectivity index (χ0n) is 12.8. The summed E-state index contributed by atoms with van der Waals surface area (Å²) >= 11 is 0. The van der Waals surface area contributed by atoms with Crippen LogP contribution < -0.4 is 5.56 Å². The van der Waals surface area contributed by atoms with Gasteiger partial charge in [0.2, 0.25) is 5.78 Å². The molecule has 0 saturated carbocycles. The van der Waals surface area contributed by atoms with E-state index in [0.29, 0.717) is 11.0 Å². The highest BCUT2D eigenvalue weighted by atomic mass is 19.4. The molecule has 0 radical (unpaired) electrons. The molecule has 2 aromatic carbocycles. The average Bonchev–Trinajstić information content (AvgIpc) is 2.84. The number of aromatic amines is 1. The van der Waals surface area contributed by atoms with E-state index in [2.05, 4.69) is 9.97 Å². The van der Waals surface area contributed by atoms with Crippen molar-refractivity contribution in [2.75, 3.05) is 0 Å². The summed E-state index contributed by atoms with van der Waals surface area (Å²) in [6.45, 7) is 3.88. The molecule has 0 bridgehead atoms. The Bertz CT molecular complexity index is 1190. The minimum atomic E-state index is -4.48. The first-order valence-electron chi connectivity index (χ1n) is 7.28. The number of H-pyrrole nitrogens is 1. The minimum Gasteiger partial charge on any atom is -0.323 e. The summed E-state index contributed by atoms with van der Waals surface area (Å²) < 4.78 is 40.0. The van der Waals surface area contributed by atoms with Crippen molar-refractivity contribution in [1.82, 2.24) is 14.4 Å². The Kier molecular flexibility index (Phi) is 2.82. The summed E-state index contributed by atoms with van der Waals surface area (Å²) in [7, 11) is 0. The van der Waals surface area contributed by atoms with Crippen LogP contribution in [0, 0.1) is 13.8 Å². The number of fused-ring (bicyclic) bond motifs is 4.